The molecule has 2 heterocycles. The molecule has 0 saturated carbocycles. The van der Waals surface area contributed by atoms with Crippen LogP contribution in [-0.2, 0) is 6.42 Å². The third kappa shape index (κ3) is 3.23. The van der Waals surface area contributed by atoms with E-state index in [1.54, 1.807) is 6.20 Å². The first kappa shape index (κ1) is 14.2. The van der Waals surface area contributed by atoms with Gasteiger partial charge in [-0.3, -0.25) is 0 Å². The summed E-state index contributed by atoms with van der Waals surface area (Å²) in [5.41, 5.74) is 3.53. The summed E-state index contributed by atoms with van der Waals surface area (Å²) >= 11 is 4.98. The van der Waals surface area contributed by atoms with Crippen molar-refractivity contribution < 1.29 is 0 Å². The van der Waals surface area contributed by atoms with Crippen LogP contribution in [0.2, 0.25) is 0 Å². The number of nitrogen functional groups attached to an aromatic ring is 1. The maximum Gasteiger partial charge on any atom is 0.147 e. The fourth-order valence-corrected chi connectivity index (χ4v) is 2.84. The van der Waals surface area contributed by atoms with E-state index in [0.717, 1.165) is 32.3 Å². The largest absolute Gasteiger partial charge is 0.308 e. The highest BCUT2D eigenvalue weighted by Crippen LogP contribution is 2.33. The number of hydrogen-bond acceptors (Lipinski definition) is 6. The average Bonchev–Trinajstić information content (AvgIpc) is 2.43. The summed E-state index contributed by atoms with van der Waals surface area (Å²) in [7, 11) is 0. The quantitative estimate of drug-likeness (QED) is 0.506. The van der Waals surface area contributed by atoms with Crippen molar-refractivity contribution >= 4 is 33.5 Å². The van der Waals surface area contributed by atoms with Gasteiger partial charge in [0, 0.05) is 18.2 Å². The van der Waals surface area contributed by atoms with Crippen molar-refractivity contribution in [3.63, 3.8) is 0 Å². The standard InChI is InChI=1S/C12H14BrN5S/c1-3-9-16-10(18-14)7(2)11(17-9)19-12-8(13)5-4-6-15-12/h4-6H,3,14H2,1-2H3,(H,16,17,18). The van der Waals surface area contributed by atoms with Crippen LogP contribution >= 0.6 is 27.7 Å². The van der Waals surface area contributed by atoms with Crippen LogP contribution in [0, 0.1) is 6.92 Å². The molecular formula is C12H14BrN5S. The Hall–Kier alpha value is -1.18. The number of nitrogens with zero attached hydrogens (tertiary/aromatic N) is 3. The Kier molecular flexibility index (Phi) is 4.73. The van der Waals surface area contributed by atoms with E-state index in [2.05, 4.69) is 36.3 Å². The highest BCUT2D eigenvalue weighted by molar-refractivity contribution is 9.10. The van der Waals surface area contributed by atoms with Gasteiger partial charge in [0.1, 0.15) is 21.7 Å². The molecule has 0 amide bonds. The van der Waals surface area contributed by atoms with Crippen LogP contribution in [0.3, 0.4) is 0 Å². The Balaban J connectivity index is 2.42. The van der Waals surface area contributed by atoms with Gasteiger partial charge in [-0.25, -0.2) is 20.8 Å². The molecule has 0 bridgehead atoms. The Morgan fingerprint density at radius 2 is 2.16 bits per heavy atom. The molecule has 3 N–H and O–H groups in total. The zero-order valence-electron chi connectivity index (χ0n) is 10.6. The lowest BCUT2D eigenvalue weighted by Crippen LogP contribution is -2.13. The van der Waals surface area contributed by atoms with E-state index in [1.165, 1.54) is 11.8 Å². The predicted octanol–water partition coefficient (Wildman–Crippen LogP) is 2.94. The highest BCUT2D eigenvalue weighted by atomic mass is 79.9. The van der Waals surface area contributed by atoms with Crippen molar-refractivity contribution in [2.75, 3.05) is 5.43 Å². The monoisotopic (exact) mass is 339 g/mol. The van der Waals surface area contributed by atoms with E-state index in [4.69, 9.17) is 5.84 Å². The molecule has 0 radical (unpaired) electrons. The number of anilines is 1. The minimum Gasteiger partial charge on any atom is -0.308 e. The van der Waals surface area contributed by atoms with E-state index < -0.39 is 0 Å². The summed E-state index contributed by atoms with van der Waals surface area (Å²) in [6.07, 6.45) is 2.51. The van der Waals surface area contributed by atoms with Crippen LogP contribution < -0.4 is 11.3 Å². The Labute approximate surface area is 124 Å². The maximum absolute atomic E-state index is 5.49. The Bertz CT molecular complexity index is 590. The van der Waals surface area contributed by atoms with Gasteiger partial charge >= 0.3 is 0 Å². The molecule has 0 unspecified atom stereocenters. The second-order valence-corrected chi connectivity index (χ2v) is 5.64. The molecule has 0 aromatic carbocycles. The minimum absolute atomic E-state index is 0.654. The van der Waals surface area contributed by atoms with Gasteiger partial charge in [-0.1, -0.05) is 6.92 Å². The van der Waals surface area contributed by atoms with Gasteiger partial charge < -0.3 is 5.43 Å². The van der Waals surface area contributed by atoms with Crippen LogP contribution in [0.5, 0.6) is 0 Å². The second kappa shape index (κ2) is 6.31. The van der Waals surface area contributed by atoms with Crippen LogP contribution in [-0.4, -0.2) is 15.0 Å². The van der Waals surface area contributed by atoms with Crippen LogP contribution in [0.1, 0.15) is 18.3 Å². The van der Waals surface area contributed by atoms with E-state index in [-0.39, 0.29) is 0 Å². The van der Waals surface area contributed by atoms with Crippen LogP contribution in [0.15, 0.2) is 32.9 Å². The van der Waals surface area contributed by atoms with Gasteiger partial charge in [0.05, 0.1) is 4.47 Å². The highest BCUT2D eigenvalue weighted by Gasteiger charge is 2.12. The Morgan fingerprint density at radius 1 is 1.37 bits per heavy atom. The lowest BCUT2D eigenvalue weighted by molar-refractivity contribution is 0.870. The molecule has 0 atom stereocenters. The number of aryl methyl sites for hydroxylation is 1. The molecule has 2 aromatic rings. The number of nitrogens with one attached hydrogen (secondary N) is 1. The molecule has 2 aromatic heterocycles. The summed E-state index contributed by atoms with van der Waals surface area (Å²) in [4.78, 5) is 13.2. The smallest absolute Gasteiger partial charge is 0.147 e. The molecule has 0 spiro atoms. The molecule has 0 aliphatic carbocycles. The number of nitrogens with two attached hydrogens (primary N) is 1. The van der Waals surface area contributed by atoms with Crippen molar-refractivity contribution in [2.45, 2.75) is 30.3 Å². The SMILES string of the molecule is CCc1nc(NN)c(C)c(Sc2ncccc2Br)n1. The predicted molar refractivity (Wildman–Crippen MR) is 80.0 cm³/mol. The average molecular weight is 340 g/mol. The number of rotatable bonds is 4. The number of halogens is 1. The summed E-state index contributed by atoms with van der Waals surface area (Å²) in [5, 5.41) is 1.73. The Morgan fingerprint density at radius 3 is 2.79 bits per heavy atom. The second-order valence-electron chi connectivity index (χ2n) is 3.81. The first-order valence-electron chi connectivity index (χ1n) is 5.78. The molecule has 7 heteroatoms. The maximum atomic E-state index is 5.49. The van der Waals surface area contributed by atoms with Gasteiger partial charge in [-0.2, -0.15) is 0 Å². The first-order valence-corrected chi connectivity index (χ1v) is 7.39. The topological polar surface area (TPSA) is 76.7 Å². The molecule has 19 heavy (non-hydrogen) atoms. The van der Waals surface area contributed by atoms with Gasteiger partial charge in [0.2, 0.25) is 0 Å². The molecule has 0 fully saturated rings. The van der Waals surface area contributed by atoms with E-state index in [1.807, 2.05) is 26.0 Å². The van der Waals surface area contributed by atoms with Gasteiger partial charge in [-0.15, -0.1) is 0 Å². The van der Waals surface area contributed by atoms with Gasteiger partial charge in [0.25, 0.3) is 0 Å². The lowest BCUT2D eigenvalue weighted by Gasteiger charge is -2.11. The first-order chi connectivity index (χ1) is 9.15. The van der Waals surface area contributed by atoms with Gasteiger partial charge in [-0.05, 0) is 46.7 Å². The zero-order valence-corrected chi connectivity index (χ0v) is 13.0. The molecule has 5 nitrogen and oxygen atoms in total. The van der Waals surface area contributed by atoms with Crippen molar-refractivity contribution in [2.24, 2.45) is 5.84 Å². The van der Waals surface area contributed by atoms with Crippen LogP contribution in [0.4, 0.5) is 5.82 Å². The fourth-order valence-electron chi connectivity index (χ4n) is 1.48. The molecule has 0 aliphatic heterocycles. The van der Waals surface area contributed by atoms with Crippen molar-refractivity contribution in [3.8, 4) is 0 Å². The van der Waals surface area contributed by atoms with E-state index in [0.29, 0.717) is 5.82 Å². The van der Waals surface area contributed by atoms with Crippen molar-refractivity contribution in [1.82, 2.24) is 15.0 Å². The van der Waals surface area contributed by atoms with Crippen molar-refractivity contribution in [1.29, 1.82) is 0 Å². The third-order valence-electron chi connectivity index (χ3n) is 2.52. The number of aromatic nitrogens is 3. The summed E-state index contributed by atoms with van der Waals surface area (Å²) in [6.45, 7) is 3.95. The normalized spacial score (nSPS) is 10.5. The summed E-state index contributed by atoms with van der Waals surface area (Å²) < 4.78 is 0.943. The molecule has 100 valence electrons. The molecular weight excluding hydrogens is 326 g/mol. The third-order valence-corrected chi connectivity index (χ3v) is 4.53. The summed E-state index contributed by atoms with van der Waals surface area (Å²) in [5.74, 6) is 6.90. The molecule has 2 rings (SSSR count). The minimum atomic E-state index is 0.654. The summed E-state index contributed by atoms with van der Waals surface area (Å²) in [6, 6.07) is 3.83. The molecule has 0 aliphatic rings. The number of hydrogen-bond donors (Lipinski definition) is 2. The van der Waals surface area contributed by atoms with E-state index >= 15 is 0 Å². The van der Waals surface area contributed by atoms with Crippen molar-refractivity contribution in [3.05, 3.63) is 34.2 Å². The fraction of sp³-hybridized carbons (Fsp3) is 0.250. The zero-order chi connectivity index (χ0) is 13.8. The van der Waals surface area contributed by atoms with Gasteiger partial charge in [0.15, 0.2) is 0 Å². The van der Waals surface area contributed by atoms with E-state index in [9.17, 15) is 0 Å². The number of hydrazine groups is 1. The number of pyridine rings is 1. The lowest BCUT2D eigenvalue weighted by atomic mass is 10.3. The molecule has 0 saturated heterocycles. The van der Waals surface area contributed by atoms with Crippen LogP contribution in [0.25, 0.3) is 0 Å².